The van der Waals surface area contributed by atoms with Crippen molar-refractivity contribution >= 4 is 5.82 Å². The van der Waals surface area contributed by atoms with E-state index in [4.69, 9.17) is 16.2 Å². The molecule has 0 fully saturated rings. The molecule has 4 heteroatoms. The van der Waals surface area contributed by atoms with Gasteiger partial charge in [0.15, 0.2) is 0 Å². The van der Waals surface area contributed by atoms with E-state index in [1.165, 1.54) is 0 Å². The van der Waals surface area contributed by atoms with Crippen LogP contribution in [-0.2, 0) is 6.42 Å². The summed E-state index contributed by atoms with van der Waals surface area (Å²) in [6, 6.07) is 9.73. The number of pyridine rings is 1. The van der Waals surface area contributed by atoms with E-state index in [-0.39, 0.29) is 6.04 Å². The molecule has 1 atom stereocenters. The minimum absolute atomic E-state index is 0.152. The molecule has 1 heterocycles. The zero-order valence-corrected chi connectivity index (χ0v) is 11.3. The average Bonchev–Trinajstić information content (AvgIpc) is 2.42. The van der Waals surface area contributed by atoms with Gasteiger partial charge in [-0.25, -0.2) is 4.98 Å². The first kappa shape index (κ1) is 13.4. The molecule has 0 aliphatic carbocycles. The quantitative estimate of drug-likeness (QED) is 0.880. The number of nitrogens with zero attached hydrogens (tertiary/aromatic N) is 1. The van der Waals surface area contributed by atoms with Gasteiger partial charge in [-0.1, -0.05) is 12.1 Å². The lowest BCUT2D eigenvalue weighted by Gasteiger charge is -2.14. The molecule has 0 amide bonds. The number of nitrogens with two attached hydrogens (primary N) is 2. The van der Waals surface area contributed by atoms with Gasteiger partial charge in [0.1, 0.15) is 11.6 Å². The largest absolute Gasteiger partial charge is 0.497 e. The molecule has 0 aliphatic rings. The third kappa shape index (κ3) is 3.23. The Morgan fingerprint density at radius 1 is 1.26 bits per heavy atom. The molecule has 1 aromatic carbocycles. The highest BCUT2D eigenvalue weighted by Gasteiger charge is 2.11. The number of hydrogen-bond acceptors (Lipinski definition) is 4. The van der Waals surface area contributed by atoms with Crippen molar-refractivity contribution < 1.29 is 4.74 Å². The normalized spacial score (nSPS) is 12.2. The molecular formula is C15H19N3O. The number of aromatic nitrogens is 1. The van der Waals surface area contributed by atoms with Crippen LogP contribution < -0.4 is 16.2 Å². The molecule has 4 N–H and O–H groups in total. The minimum Gasteiger partial charge on any atom is -0.497 e. The van der Waals surface area contributed by atoms with Gasteiger partial charge in [0.2, 0.25) is 0 Å². The summed E-state index contributed by atoms with van der Waals surface area (Å²) in [7, 11) is 1.65. The SMILES string of the molecule is COc1ccc(CC(N)c2cc(C)cnc2N)cc1. The van der Waals surface area contributed by atoms with Crippen LogP contribution in [0.5, 0.6) is 5.75 Å². The second-order valence-corrected chi connectivity index (χ2v) is 4.65. The summed E-state index contributed by atoms with van der Waals surface area (Å²) in [6.07, 6.45) is 2.47. The number of aryl methyl sites for hydroxylation is 1. The maximum absolute atomic E-state index is 6.22. The van der Waals surface area contributed by atoms with E-state index in [1.807, 2.05) is 37.3 Å². The van der Waals surface area contributed by atoms with Crippen molar-refractivity contribution in [1.82, 2.24) is 4.98 Å². The van der Waals surface area contributed by atoms with Crippen molar-refractivity contribution in [2.24, 2.45) is 5.73 Å². The Hall–Kier alpha value is -2.07. The maximum Gasteiger partial charge on any atom is 0.128 e. The van der Waals surface area contributed by atoms with Crippen LogP contribution in [0.4, 0.5) is 5.82 Å². The Labute approximate surface area is 113 Å². The Bertz CT molecular complexity index is 552. The molecule has 100 valence electrons. The second kappa shape index (κ2) is 5.71. The third-order valence-electron chi connectivity index (χ3n) is 3.10. The van der Waals surface area contributed by atoms with E-state index in [2.05, 4.69) is 4.98 Å². The van der Waals surface area contributed by atoms with E-state index >= 15 is 0 Å². The highest BCUT2D eigenvalue weighted by atomic mass is 16.5. The summed E-state index contributed by atoms with van der Waals surface area (Å²) in [6.45, 7) is 1.98. The lowest BCUT2D eigenvalue weighted by atomic mass is 9.99. The molecule has 0 saturated heterocycles. The topological polar surface area (TPSA) is 74.2 Å². The number of benzene rings is 1. The molecule has 19 heavy (non-hydrogen) atoms. The van der Waals surface area contributed by atoms with Crippen molar-refractivity contribution in [3.05, 3.63) is 53.2 Å². The molecule has 2 aromatic rings. The summed E-state index contributed by atoms with van der Waals surface area (Å²) < 4.78 is 5.13. The van der Waals surface area contributed by atoms with Crippen LogP contribution in [0.25, 0.3) is 0 Å². The van der Waals surface area contributed by atoms with Crippen LogP contribution in [0.3, 0.4) is 0 Å². The van der Waals surface area contributed by atoms with Gasteiger partial charge in [-0.2, -0.15) is 0 Å². The molecule has 0 saturated carbocycles. The van der Waals surface area contributed by atoms with Gasteiger partial charge in [0.05, 0.1) is 7.11 Å². The van der Waals surface area contributed by atoms with Crippen LogP contribution in [0.1, 0.15) is 22.7 Å². The first-order chi connectivity index (χ1) is 9.10. The van der Waals surface area contributed by atoms with E-state index in [1.54, 1.807) is 13.3 Å². The first-order valence-corrected chi connectivity index (χ1v) is 6.20. The molecule has 1 aromatic heterocycles. The highest BCUT2D eigenvalue weighted by Crippen LogP contribution is 2.22. The zero-order valence-electron chi connectivity index (χ0n) is 11.3. The number of nitrogen functional groups attached to an aromatic ring is 1. The molecule has 0 bridgehead atoms. The third-order valence-corrected chi connectivity index (χ3v) is 3.10. The summed E-state index contributed by atoms with van der Waals surface area (Å²) in [5.74, 6) is 1.35. The van der Waals surface area contributed by atoms with E-state index in [0.717, 1.165) is 28.9 Å². The van der Waals surface area contributed by atoms with Crippen molar-refractivity contribution in [1.29, 1.82) is 0 Å². The fraction of sp³-hybridized carbons (Fsp3) is 0.267. The molecule has 4 nitrogen and oxygen atoms in total. The van der Waals surface area contributed by atoms with Crippen molar-refractivity contribution in [2.75, 3.05) is 12.8 Å². The Morgan fingerprint density at radius 3 is 2.58 bits per heavy atom. The van der Waals surface area contributed by atoms with Crippen LogP contribution in [-0.4, -0.2) is 12.1 Å². The van der Waals surface area contributed by atoms with E-state index in [0.29, 0.717) is 5.82 Å². The zero-order chi connectivity index (χ0) is 13.8. The Morgan fingerprint density at radius 2 is 1.95 bits per heavy atom. The van der Waals surface area contributed by atoms with Gasteiger partial charge in [-0.05, 0) is 42.7 Å². The fourth-order valence-corrected chi connectivity index (χ4v) is 2.02. The minimum atomic E-state index is -0.152. The maximum atomic E-state index is 6.22. The molecule has 2 rings (SSSR count). The highest BCUT2D eigenvalue weighted by molar-refractivity contribution is 5.43. The van der Waals surface area contributed by atoms with Gasteiger partial charge in [0, 0.05) is 17.8 Å². The second-order valence-electron chi connectivity index (χ2n) is 4.65. The van der Waals surface area contributed by atoms with Crippen molar-refractivity contribution in [3.63, 3.8) is 0 Å². The van der Waals surface area contributed by atoms with Gasteiger partial charge < -0.3 is 16.2 Å². The smallest absolute Gasteiger partial charge is 0.128 e. The van der Waals surface area contributed by atoms with Crippen LogP contribution in [0, 0.1) is 6.92 Å². The van der Waals surface area contributed by atoms with Crippen molar-refractivity contribution in [2.45, 2.75) is 19.4 Å². The lowest BCUT2D eigenvalue weighted by molar-refractivity contribution is 0.414. The van der Waals surface area contributed by atoms with Gasteiger partial charge >= 0.3 is 0 Å². The number of ether oxygens (including phenoxy) is 1. The van der Waals surface area contributed by atoms with Gasteiger partial charge in [0.25, 0.3) is 0 Å². The lowest BCUT2D eigenvalue weighted by Crippen LogP contribution is -2.16. The monoisotopic (exact) mass is 257 g/mol. The summed E-state index contributed by atoms with van der Waals surface area (Å²) in [4.78, 5) is 4.15. The summed E-state index contributed by atoms with van der Waals surface area (Å²) in [5.41, 5.74) is 15.2. The standard InChI is InChI=1S/C15H19N3O/c1-10-7-13(15(17)18-9-10)14(16)8-11-3-5-12(19-2)6-4-11/h3-7,9,14H,8,16H2,1-2H3,(H2,17,18). The number of rotatable bonds is 4. The van der Waals surface area contributed by atoms with Gasteiger partial charge in [-0.3, -0.25) is 0 Å². The predicted octanol–water partition coefficient (Wildman–Crippen LogP) is 2.22. The van der Waals surface area contributed by atoms with E-state index in [9.17, 15) is 0 Å². The molecule has 0 radical (unpaired) electrons. The average molecular weight is 257 g/mol. The van der Waals surface area contributed by atoms with Crippen LogP contribution >= 0.6 is 0 Å². The van der Waals surface area contributed by atoms with Crippen molar-refractivity contribution in [3.8, 4) is 5.75 Å². The Balaban J connectivity index is 2.15. The first-order valence-electron chi connectivity index (χ1n) is 6.20. The molecule has 0 spiro atoms. The van der Waals surface area contributed by atoms with Gasteiger partial charge in [-0.15, -0.1) is 0 Å². The van der Waals surface area contributed by atoms with Crippen LogP contribution in [0.2, 0.25) is 0 Å². The Kier molecular flexibility index (Phi) is 4.02. The van der Waals surface area contributed by atoms with Crippen LogP contribution in [0.15, 0.2) is 36.5 Å². The predicted molar refractivity (Wildman–Crippen MR) is 77.0 cm³/mol. The summed E-state index contributed by atoms with van der Waals surface area (Å²) in [5, 5.41) is 0. The molecule has 0 aliphatic heterocycles. The fourth-order valence-electron chi connectivity index (χ4n) is 2.02. The molecular weight excluding hydrogens is 238 g/mol. The number of methoxy groups -OCH3 is 1. The molecule has 1 unspecified atom stereocenters. The van der Waals surface area contributed by atoms with E-state index < -0.39 is 0 Å². The summed E-state index contributed by atoms with van der Waals surface area (Å²) >= 11 is 0. The number of hydrogen-bond donors (Lipinski definition) is 2. The number of anilines is 1.